The van der Waals surface area contributed by atoms with E-state index in [1.165, 1.54) is 0 Å². The summed E-state index contributed by atoms with van der Waals surface area (Å²) >= 11 is 0. The average Bonchev–Trinajstić information content (AvgIpc) is 2.59. The molecule has 0 radical (unpaired) electrons. The van der Waals surface area contributed by atoms with E-state index >= 15 is 0 Å². The van der Waals surface area contributed by atoms with Gasteiger partial charge in [0.1, 0.15) is 0 Å². The third-order valence-electron chi connectivity index (χ3n) is 5.47. The lowest BCUT2D eigenvalue weighted by Crippen LogP contribution is -2.47. The summed E-state index contributed by atoms with van der Waals surface area (Å²) in [4.78, 5) is 12.4. The van der Waals surface area contributed by atoms with Crippen LogP contribution in [0.4, 0.5) is 0 Å². The molecule has 2 aliphatic heterocycles. The fraction of sp³-hybridized carbons (Fsp3) is 0.941. The molecule has 2 N–H and O–H groups in total. The molecule has 0 unspecified atom stereocenters. The SMILES string of the molecule is CCCCS(=O)(=O)N1CCC(C(=O)NCC2(C)CCNCC2)CC1. The predicted octanol–water partition coefficient (Wildman–Crippen LogP) is 1.33. The van der Waals surface area contributed by atoms with Crippen molar-refractivity contribution in [1.82, 2.24) is 14.9 Å². The van der Waals surface area contributed by atoms with Gasteiger partial charge in [-0.2, -0.15) is 0 Å². The van der Waals surface area contributed by atoms with Crippen LogP contribution in [-0.2, 0) is 14.8 Å². The van der Waals surface area contributed by atoms with Crippen molar-refractivity contribution in [3.8, 4) is 0 Å². The van der Waals surface area contributed by atoms with E-state index in [1.54, 1.807) is 4.31 Å². The van der Waals surface area contributed by atoms with Crippen molar-refractivity contribution in [2.75, 3.05) is 38.5 Å². The zero-order valence-electron chi connectivity index (χ0n) is 15.1. The van der Waals surface area contributed by atoms with Gasteiger partial charge in [0.15, 0.2) is 0 Å². The first-order valence-corrected chi connectivity index (χ1v) is 10.9. The molecule has 6 nitrogen and oxygen atoms in total. The fourth-order valence-electron chi connectivity index (χ4n) is 3.50. The van der Waals surface area contributed by atoms with E-state index in [-0.39, 0.29) is 23.0 Å². The van der Waals surface area contributed by atoms with Crippen LogP contribution >= 0.6 is 0 Å². The van der Waals surface area contributed by atoms with Gasteiger partial charge < -0.3 is 10.6 Å². The highest BCUT2D eigenvalue weighted by Gasteiger charge is 2.32. The molecule has 0 atom stereocenters. The average molecular weight is 360 g/mol. The number of carbonyl (C=O) groups is 1. The largest absolute Gasteiger partial charge is 0.355 e. The Morgan fingerprint density at radius 3 is 2.46 bits per heavy atom. The fourth-order valence-corrected chi connectivity index (χ4v) is 5.18. The first kappa shape index (κ1) is 19.7. The summed E-state index contributed by atoms with van der Waals surface area (Å²) in [6, 6.07) is 0. The number of nitrogens with one attached hydrogen (secondary N) is 2. The molecule has 0 aromatic rings. The number of nitrogens with zero attached hydrogens (tertiary/aromatic N) is 1. The van der Waals surface area contributed by atoms with Gasteiger partial charge in [0.05, 0.1) is 5.75 Å². The third kappa shape index (κ3) is 5.43. The minimum absolute atomic E-state index is 0.0482. The number of hydrogen-bond donors (Lipinski definition) is 2. The van der Waals surface area contributed by atoms with E-state index in [0.29, 0.717) is 32.4 Å². The number of sulfonamides is 1. The molecule has 0 spiro atoms. The Bertz CT molecular complexity index is 507. The van der Waals surface area contributed by atoms with Gasteiger partial charge in [-0.3, -0.25) is 4.79 Å². The second-order valence-corrected chi connectivity index (χ2v) is 9.71. The molecule has 2 heterocycles. The summed E-state index contributed by atoms with van der Waals surface area (Å²) in [6.45, 7) is 7.94. The lowest BCUT2D eigenvalue weighted by atomic mass is 9.81. The topological polar surface area (TPSA) is 78.5 Å². The van der Waals surface area contributed by atoms with Gasteiger partial charge in [0, 0.05) is 25.6 Å². The third-order valence-corrected chi connectivity index (χ3v) is 7.43. The Balaban J connectivity index is 1.76. The Morgan fingerprint density at radius 2 is 1.88 bits per heavy atom. The van der Waals surface area contributed by atoms with Crippen LogP contribution in [0.3, 0.4) is 0 Å². The van der Waals surface area contributed by atoms with Crippen molar-refractivity contribution in [3.05, 3.63) is 0 Å². The number of amides is 1. The molecule has 0 bridgehead atoms. The summed E-state index contributed by atoms with van der Waals surface area (Å²) in [7, 11) is -3.14. The molecule has 0 aliphatic carbocycles. The molecule has 0 aromatic heterocycles. The van der Waals surface area contributed by atoms with E-state index in [2.05, 4.69) is 17.6 Å². The molecular weight excluding hydrogens is 326 g/mol. The van der Waals surface area contributed by atoms with Crippen LogP contribution in [-0.4, -0.2) is 57.1 Å². The number of carbonyl (C=O) groups excluding carboxylic acids is 1. The molecule has 1 amide bonds. The van der Waals surface area contributed by atoms with Crippen LogP contribution in [0, 0.1) is 11.3 Å². The van der Waals surface area contributed by atoms with Crippen LogP contribution in [0.2, 0.25) is 0 Å². The molecular formula is C17H33N3O3S. The summed E-state index contributed by atoms with van der Waals surface area (Å²) in [5.74, 6) is 0.278. The van der Waals surface area contributed by atoms with E-state index < -0.39 is 10.0 Å². The minimum atomic E-state index is -3.14. The second-order valence-electron chi connectivity index (χ2n) is 7.62. The maximum Gasteiger partial charge on any atom is 0.223 e. The molecule has 0 aromatic carbocycles. The van der Waals surface area contributed by atoms with Crippen molar-refractivity contribution >= 4 is 15.9 Å². The Morgan fingerprint density at radius 1 is 1.25 bits per heavy atom. The van der Waals surface area contributed by atoms with Crippen LogP contribution in [0.25, 0.3) is 0 Å². The standard InChI is InChI=1S/C17H33N3O3S/c1-3-4-13-24(22,23)20-11-5-15(6-12-20)16(21)19-14-17(2)7-9-18-10-8-17/h15,18H,3-14H2,1-2H3,(H,19,21). The monoisotopic (exact) mass is 359 g/mol. The van der Waals surface area contributed by atoms with Gasteiger partial charge in [0.25, 0.3) is 0 Å². The van der Waals surface area contributed by atoms with Crippen molar-refractivity contribution in [1.29, 1.82) is 0 Å². The summed E-state index contributed by atoms with van der Waals surface area (Å²) in [5.41, 5.74) is 0.186. The summed E-state index contributed by atoms with van der Waals surface area (Å²) in [6.07, 6.45) is 5.02. The summed E-state index contributed by atoms with van der Waals surface area (Å²) < 4.78 is 26.0. The lowest BCUT2D eigenvalue weighted by molar-refractivity contribution is -0.126. The Labute approximate surface area is 146 Å². The molecule has 2 saturated heterocycles. The summed E-state index contributed by atoms with van der Waals surface area (Å²) in [5, 5.41) is 6.47. The zero-order valence-corrected chi connectivity index (χ0v) is 16.0. The molecule has 2 rings (SSSR count). The quantitative estimate of drug-likeness (QED) is 0.719. The molecule has 2 fully saturated rings. The van der Waals surface area contributed by atoms with Crippen LogP contribution < -0.4 is 10.6 Å². The lowest BCUT2D eigenvalue weighted by Gasteiger charge is -2.35. The smallest absolute Gasteiger partial charge is 0.223 e. The van der Waals surface area contributed by atoms with E-state index in [0.717, 1.165) is 38.9 Å². The zero-order chi connectivity index (χ0) is 17.6. The van der Waals surface area contributed by atoms with E-state index in [9.17, 15) is 13.2 Å². The van der Waals surface area contributed by atoms with Crippen molar-refractivity contribution in [2.24, 2.45) is 11.3 Å². The van der Waals surface area contributed by atoms with E-state index in [4.69, 9.17) is 0 Å². The normalized spacial score (nSPS) is 23.1. The van der Waals surface area contributed by atoms with Crippen molar-refractivity contribution < 1.29 is 13.2 Å². The molecule has 7 heteroatoms. The highest BCUT2D eigenvalue weighted by Crippen LogP contribution is 2.27. The maximum absolute atomic E-state index is 12.4. The molecule has 2 aliphatic rings. The maximum atomic E-state index is 12.4. The van der Waals surface area contributed by atoms with Crippen LogP contribution in [0.15, 0.2) is 0 Å². The molecule has 0 saturated carbocycles. The van der Waals surface area contributed by atoms with Crippen LogP contribution in [0.1, 0.15) is 52.4 Å². The number of rotatable bonds is 7. The van der Waals surface area contributed by atoms with Gasteiger partial charge >= 0.3 is 0 Å². The van der Waals surface area contributed by atoms with Gasteiger partial charge in [0.2, 0.25) is 15.9 Å². The predicted molar refractivity (Wildman–Crippen MR) is 96.2 cm³/mol. The van der Waals surface area contributed by atoms with Crippen molar-refractivity contribution in [2.45, 2.75) is 52.4 Å². The highest BCUT2D eigenvalue weighted by molar-refractivity contribution is 7.89. The van der Waals surface area contributed by atoms with E-state index in [1.807, 2.05) is 6.92 Å². The number of piperidine rings is 2. The number of hydrogen-bond acceptors (Lipinski definition) is 4. The Kier molecular flexibility index (Phi) is 7.07. The van der Waals surface area contributed by atoms with Gasteiger partial charge in [-0.05, 0) is 50.6 Å². The number of unbranched alkanes of at least 4 members (excludes halogenated alkanes) is 1. The van der Waals surface area contributed by atoms with Gasteiger partial charge in [-0.15, -0.1) is 0 Å². The molecule has 24 heavy (non-hydrogen) atoms. The van der Waals surface area contributed by atoms with Gasteiger partial charge in [-0.25, -0.2) is 12.7 Å². The Hall–Kier alpha value is -0.660. The van der Waals surface area contributed by atoms with Gasteiger partial charge in [-0.1, -0.05) is 20.3 Å². The first-order valence-electron chi connectivity index (χ1n) is 9.32. The highest BCUT2D eigenvalue weighted by atomic mass is 32.2. The minimum Gasteiger partial charge on any atom is -0.355 e. The molecule has 140 valence electrons. The second kappa shape index (κ2) is 8.63. The van der Waals surface area contributed by atoms with Crippen molar-refractivity contribution in [3.63, 3.8) is 0 Å². The van der Waals surface area contributed by atoms with Crippen LogP contribution in [0.5, 0.6) is 0 Å². The first-order chi connectivity index (χ1) is 11.4.